The van der Waals surface area contributed by atoms with E-state index >= 15 is 0 Å². The number of H-pyrrole nitrogens is 1. The number of aryl methyl sites for hydroxylation is 1. The maximum Gasteiger partial charge on any atom is 0.321 e. The lowest BCUT2D eigenvalue weighted by atomic mass is 9.89. The summed E-state index contributed by atoms with van der Waals surface area (Å²) in [5, 5.41) is 5.93. The normalized spacial score (nSPS) is 16.5. The van der Waals surface area contributed by atoms with E-state index in [2.05, 4.69) is 27.5 Å². The molecule has 9 heteroatoms. The number of hydrogen-bond acceptors (Lipinski definition) is 6. The Labute approximate surface area is 159 Å². The predicted octanol–water partition coefficient (Wildman–Crippen LogP) is 2.44. The van der Waals surface area contributed by atoms with Gasteiger partial charge in [-0.1, -0.05) is 18.7 Å². The largest absolute Gasteiger partial charge is 0.336 e. The van der Waals surface area contributed by atoms with Crippen LogP contribution in [0, 0.1) is 5.92 Å². The molecule has 0 fully saturated rings. The van der Waals surface area contributed by atoms with Crippen molar-refractivity contribution in [1.82, 2.24) is 20.6 Å². The van der Waals surface area contributed by atoms with Crippen molar-refractivity contribution in [2.24, 2.45) is 5.92 Å². The zero-order valence-electron chi connectivity index (χ0n) is 15.0. The average Bonchev–Trinajstić information content (AvgIpc) is 2.89. The topological polar surface area (TPSA) is 104 Å². The van der Waals surface area contributed by atoms with Crippen molar-refractivity contribution in [3.05, 3.63) is 20.8 Å². The van der Waals surface area contributed by atoms with E-state index in [9.17, 15) is 14.4 Å². The fourth-order valence-electron chi connectivity index (χ4n) is 2.99. The van der Waals surface area contributed by atoms with Crippen LogP contribution in [0.2, 0.25) is 0 Å². The number of carbonyl (C=O) groups excluding carboxylic acids is 2. The molecule has 1 atom stereocenters. The summed E-state index contributed by atoms with van der Waals surface area (Å²) in [6.45, 7) is 5.84. The number of carbonyl (C=O) groups is 2. The summed E-state index contributed by atoms with van der Waals surface area (Å²) in [5.74, 6) is 0.196. The van der Waals surface area contributed by atoms with Crippen LogP contribution < -0.4 is 16.2 Å². The average molecular weight is 395 g/mol. The van der Waals surface area contributed by atoms with Crippen LogP contribution in [0.5, 0.6) is 0 Å². The summed E-state index contributed by atoms with van der Waals surface area (Å²) in [6, 6.07) is -0.578. The van der Waals surface area contributed by atoms with Gasteiger partial charge in [0.05, 0.1) is 11.1 Å². The first-order valence-electron chi connectivity index (χ1n) is 8.61. The smallest absolute Gasteiger partial charge is 0.321 e. The number of aromatic amines is 1. The number of imide groups is 1. The molecule has 2 heterocycles. The number of rotatable bonds is 4. The first kappa shape index (κ1) is 18.9. The zero-order valence-corrected chi connectivity index (χ0v) is 16.6. The summed E-state index contributed by atoms with van der Waals surface area (Å²) in [7, 11) is 0. The molecule has 0 aliphatic heterocycles. The fourth-order valence-corrected chi connectivity index (χ4v) is 5.09. The Kier molecular flexibility index (Phi) is 5.67. The lowest BCUT2D eigenvalue weighted by Gasteiger charge is -2.17. The quantitative estimate of drug-likeness (QED) is 0.546. The van der Waals surface area contributed by atoms with Crippen molar-refractivity contribution in [3.8, 4) is 0 Å². The van der Waals surface area contributed by atoms with Crippen LogP contribution >= 0.6 is 23.1 Å². The van der Waals surface area contributed by atoms with E-state index in [-0.39, 0.29) is 17.4 Å². The molecular weight excluding hydrogens is 372 g/mol. The van der Waals surface area contributed by atoms with Crippen molar-refractivity contribution in [3.63, 3.8) is 0 Å². The van der Waals surface area contributed by atoms with Gasteiger partial charge in [0.15, 0.2) is 5.16 Å². The number of thioether (sulfide) groups is 1. The molecule has 2 aromatic rings. The number of aromatic nitrogens is 2. The van der Waals surface area contributed by atoms with E-state index < -0.39 is 11.9 Å². The molecule has 0 radical (unpaired) electrons. The Morgan fingerprint density at radius 2 is 2.19 bits per heavy atom. The molecule has 0 bridgehead atoms. The van der Waals surface area contributed by atoms with Gasteiger partial charge in [-0.15, -0.1) is 11.3 Å². The monoisotopic (exact) mass is 394 g/mol. The molecule has 3 amide bonds. The summed E-state index contributed by atoms with van der Waals surface area (Å²) >= 11 is 2.69. The summed E-state index contributed by atoms with van der Waals surface area (Å²) < 4.78 is 0. The maximum absolute atomic E-state index is 12.5. The molecule has 0 saturated heterocycles. The van der Waals surface area contributed by atoms with Crippen molar-refractivity contribution in [2.45, 2.75) is 51.2 Å². The zero-order chi connectivity index (χ0) is 18.8. The van der Waals surface area contributed by atoms with Gasteiger partial charge in [-0.2, -0.15) is 0 Å². The van der Waals surface area contributed by atoms with Crippen LogP contribution in [-0.2, 0) is 17.6 Å². The second-order valence-electron chi connectivity index (χ2n) is 6.87. The lowest BCUT2D eigenvalue weighted by molar-refractivity contribution is -0.117. The van der Waals surface area contributed by atoms with Crippen LogP contribution in [-0.4, -0.2) is 33.7 Å². The lowest BCUT2D eigenvalue weighted by Crippen LogP contribution is -2.43. The van der Waals surface area contributed by atoms with Crippen molar-refractivity contribution in [1.29, 1.82) is 0 Å². The van der Waals surface area contributed by atoms with Crippen LogP contribution in [0.1, 0.15) is 37.6 Å². The molecule has 1 aliphatic carbocycles. The second-order valence-corrected chi connectivity index (χ2v) is 8.92. The van der Waals surface area contributed by atoms with Gasteiger partial charge in [0.2, 0.25) is 5.91 Å². The van der Waals surface area contributed by atoms with Gasteiger partial charge in [-0.3, -0.25) is 14.9 Å². The number of urea groups is 1. The van der Waals surface area contributed by atoms with Crippen LogP contribution in [0.15, 0.2) is 9.95 Å². The molecule has 0 aromatic carbocycles. The molecule has 2 aromatic heterocycles. The van der Waals surface area contributed by atoms with E-state index in [0.717, 1.165) is 41.4 Å². The molecule has 0 unspecified atom stereocenters. The molecule has 7 nitrogen and oxygen atoms in total. The number of amides is 3. The molecule has 3 N–H and O–H groups in total. The molecule has 140 valence electrons. The standard InChI is InChI=1S/C17H22N4O3S2/c1-8(2)18-16(24)19-12(22)7-25-17-20-14(23)13-10-5-4-9(3)6-11(10)26-15(13)21-17/h8-9H,4-7H2,1-3H3,(H,20,21,23)(H2,18,19,22,24)/t9-/m1/s1. The highest BCUT2D eigenvalue weighted by molar-refractivity contribution is 7.99. The van der Waals surface area contributed by atoms with Crippen molar-refractivity contribution >= 4 is 45.3 Å². The van der Waals surface area contributed by atoms with E-state index in [1.807, 2.05) is 13.8 Å². The van der Waals surface area contributed by atoms with Gasteiger partial charge < -0.3 is 10.3 Å². The molecule has 0 saturated carbocycles. The Bertz CT molecular complexity index is 903. The van der Waals surface area contributed by atoms with Gasteiger partial charge in [-0.05, 0) is 44.6 Å². The highest BCUT2D eigenvalue weighted by Crippen LogP contribution is 2.36. The Balaban J connectivity index is 1.71. The molecule has 1 aliphatic rings. The van der Waals surface area contributed by atoms with Crippen molar-refractivity contribution < 1.29 is 9.59 Å². The Morgan fingerprint density at radius 3 is 2.92 bits per heavy atom. The minimum atomic E-state index is -0.525. The van der Waals surface area contributed by atoms with Gasteiger partial charge in [0.1, 0.15) is 4.83 Å². The number of nitrogens with one attached hydrogen (secondary N) is 3. The number of nitrogens with zero attached hydrogens (tertiary/aromatic N) is 1. The second kappa shape index (κ2) is 7.79. The summed E-state index contributed by atoms with van der Waals surface area (Å²) in [6.07, 6.45) is 3.00. The number of thiophene rings is 1. The maximum atomic E-state index is 12.5. The van der Waals surface area contributed by atoms with Crippen LogP contribution in [0.3, 0.4) is 0 Å². The number of hydrogen-bond donors (Lipinski definition) is 3. The van der Waals surface area contributed by atoms with Gasteiger partial charge in [-0.25, -0.2) is 9.78 Å². The molecular formula is C17H22N4O3S2. The number of fused-ring (bicyclic) bond motifs is 3. The highest BCUT2D eigenvalue weighted by Gasteiger charge is 2.23. The predicted molar refractivity (Wildman–Crippen MR) is 104 cm³/mol. The summed E-state index contributed by atoms with van der Waals surface area (Å²) in [4.78, 5) is 45.1. The Morgan fingerprint density at radius 1 is 1.42 bits per heavy atom. The first-order valence-corrected chi connectivity index (χ1v) is 10.4. The minimum Gasteiger partial charge on any atom is -0.336 e. The highest BCUT2D eigenvalue weighted by atomic mass is 32.2. The SMILES string of the molecule is CC(C)NC(=O)NC(=O)CSc1nc2sc3c(c2c(=O)[nH]1)CC[C@@H](C)C3. The van der Waals surface area contributed by atoms with Gasteiger partial charge in [0.25, 0.3) is 5.56 Å². The molecule has 26 heavy (non-hydrogen) atoms. The fraction of sp³-hybridized carbons (Fsp3) is 0.529. The van der Waals surface area contributed by atoms with Gasteiger partial charge >= 0.3 is 6.03 Å². The van der Waals surface area contributed by atoms with E-state index in [4.69, 9.17) is 0 Å². The van der Waals surface area contributed by atoms with E-state index in [1.165, 1.54) is 4.88 Å². The van der Waals surface area contributed by atoms with Gasteiger partial charge in [0, 0.05) is 10.9 Å². The summed E-state index contributed by atoms with van der Waals surface area (Å²) in [5.41, 5.74) is 0.985. The van der Waals surface area contributed by atoms with E-state index in [1.54, 1.807) is 11.3 Å². The first-order chi connectivity index (χ1) is 12.3. The third kappa shape index (κ3) is 4.27. The van der Waals surface area contributed by atoms with Crippen molar-refractivity contribution in [2.75, 3.05) is 5.75 Å². The minimum absolute atomic E-state index is 0.00207. The molecule has 3 rings (SSSR count). The third-order valence-corrected chi connectivity index (χ3v) is 6.18. The molecule has 0 spiro atoms. The Hall–Kier alpha value is -1.87. The van der Waals surface area contributed by atoms with Crippen LogP contribution in [0.25, 0.3) is 10.2 Å². The van der Waals surface area contributed by atoms with E-state index in [0.29, 0.717) is 16.5 Å². The van der Waals surface area contributed by atoms with Crippen LogP contribution in [0.4, 0.5) is 4.79 Å². The third-order valence-electron chi connectivity index (χ3n) is 4.16.